The molecule has 0 amide bonds. The van der Waals surface area contributed by atoms with Gasteiger partial charge in [0.25, 0.3) is 0 Å². The van der Waals surface area contributed by atoms with E-state index in [1.165, 1.54) is 6.92 Å². The Bertz CT molecular complexity index is 812. The van der Waals surface area contributed by atoms with E-state index in [0.717, 1.165) is 30.3 Å². The predicted molar refractivity (Wildman–Crippen MR) is 81.5 cm³/mol. The molecule has 148 valence electrons. The van der Waals surface area contributed by atoms with Crippen molar-refractivity contribution in [1.82, 2.24) is 4.98 Å². The lowest BCUT2D eigenvalue weighted by molar-refractivity contribution is -0.260. The second-order valence-corrected chi connectivity index (χ2v) is 5.98. The van der Waals surface area contributed by atoms with Crippen LogP contribution >= 0.6 is 0 Å². The lowest BCUT2D eigenvalue weighted by Gasteiger charge is -2.27. The summed E-state index contributed by atoms with van der Waals surface area (Å²) in [5, 5.41) is 9.84. The number of rotatable bonds is 4. The first-order valence-electron chi connectivity index (χ1n) is 7.49. The Labute approximate surface area is 149 Å². The van der Waals surface area contributed by atoms with E-state index in [0.29, 0.717) is 6.92 Å². The monoisotopic (exact) mass is 397 g/mol. The van der Waals surface area contributed by atoms with Crippen LogP contribution in [0.25, 0.3) is 11.3 Å². The Morgan fingerprint density at radius 2 is 1.59 bits per heavy atom. The van der Waals surface area contributed by atoms with Crippen LogP contribution < -0.4 is 4.74 Å². The summed E-state index contributed by atoms with van der Waals surface area (Å²) in [5.41, 5.74) is -4.63. The van der Waals surface area contributed by atoms with Crippen LogP contribution in [0.15, 0.2) is 30.3 Å². The number of alkyl halides is 6. The van der Waals surface area contributed by atoms with Crippen LogP contribution in [0.4, 0.5) is 30.7 Å². The molecule has 27 heavy (non-hydrogen) atoms. The molecule has 0 bridgehead atoms. The molecule has 1 heterocycles. The second-order valence-electron chi connectivity index (χ2n) is 5.98. The summed E-state index contributed by atoms with van der Waals surface area (Å²) in [4.78, 5) is 3.69. The SMILES string of the molecule is Cc1cc([C@](C)(O)C(F)(F)F)nc(-c2ccc(F)cc2)c1OCC(F)(F)F. The first kappa shape index (κ1) is 20.9. The van der Waals surface area contributed by atoms with Gasteiger partial charge < -0.3 is 9.84 Å². The molecule has 0 unspecified atom stereocenters. The average molecular weight is 397 g/mol. The molecule has 1 atom stereocenters. The Balaban J connectivity index is 2.65. The minimum absolute atomic E-state index is 0.0245. The van der Waals surface area contributed by atoms with E-state index in [-0.39, 0.29) is 16.8 Å². The predicted octanol–water partition coefficient (Wildman–Crippen LogP) is 4.91. The second kappa shape index (κ2) is 6.99. The van der Waals surface area contributed by atoms with Crippen molar-refractivity contribution in [1.29, 1.82) is 0 Å². The Morgan fingerprint density at radius 3 is 2.07 bits per heavy atom. The summed E-state index contributed by atoms with van der Waals surface area (Å²) in [6, 6.07) is 4.99. The quantitative estimate of drug-likeness (QED) is 0.746. The van der Waals surface area contributed by atoms with Gasteiger partial charge in [0.2, 0.25) is 0 Å². The van der Waals surface area contributed by atoms with E-state index >= 15 is 0 Å². The fraction of sp³-hybridized carbons (Fsp3) is 0.353. The standard InChI is InChI=1S/C17H14F7NO2/c1-9-7-12(15(2,26)17(22,23)24)25-13(10-3-5-11(18)6-4-10)14(9)27-8-16(19,20)21/h3-7,26H,8H2,1-2H3/t15-/m0/s1. The number of aliphatic hydroxyl groups is 1. The Kier molecular flexibility index (Phi) is 5.42. The number of nitrogens with zero attached hydrogens (tertiary/aromatic N) is 1. The van der Waals surface area contributed by atoms with Crippen LogP contribution in [0.5, 0.6) is 5.75 Å². The van der Waals surface area contributed by atoms with Crippen LogP contribution in [-0.2, 0) is 5.60 Å². The minimum Gasteiger partial charge on any atom is -0.482 e. The Morgan fingerprint density at radius 1 is 1.04 bits per heavy atom. The van der Waals surface area contributed by atoms with E-state index in [1.807, 2.05) is 0 Å². The van der Waals surface area contributed by atoms with Gasteiger partial charge in [0.05, 0.1) is 5.69 Å². The van der Waals surface area contributed by atoms with E-state index < -0.39 is 41.8 Å². The summed E-state index contributed by atoms with van der Waals surface area (Å²) >= 11 is 0. The summed E-state index contributed by atoms with van der Waals surface area (Å²) in [5.74, 6) is -1.08. The maximum Gasteiger partial charge on any atom is 0.422 e. The maximum atomic E-state index is 13.1. The third-order valence-electron chi connectivity index (χ3n) is 3.71. The molecule has 0 fully saturated rings. The zero-order valence-electron chi connectivity index (χ0n) is 14.0. The Hall–Kier alpha value is -2.36. The molecule has 0 aliphatic heterocycles. The molecule has 1 aromatic carbocycles. The number of ether oxygens (including phenoxy) is 1. The number of halogens is 7. The lowest BCUT2D eigenvalue weighted by Crippen LogP contribution is -2.40. The van der Waals surface area contributed by atoms with Gasteiger partial charge in [-0.05, 0) is 49.7 Å². The van der Waals surface area contributed by atoms with E-state index in [9.17, 15) is 35.8 Å². The molecule has 0 saturated carbocycles. The molecule has 10 heteroatoms. The van der Waals surface area contributed by atoms with Crippen LogP contribution in [0.2, 0.25) is 0 Å². The fourth-order valence-corrected chi connectivity index (χ4v) is 2.20. The van der Waals surface area contributed by atoms with Gasteiger partial charge in [-0.1, -0.05) is 0 Å². The number of pyridine rings is 1. The number of aryl methyl sites for hydroxylation is 1. The van der Waals surface area contributed by atoms with Gasteiger partial charge in [0.15, 0.2) is 12.2 Å². The van der Waals surface area contributed by atoms with Gasteiger partial charge in [-0.2, -0.15) is 26.3 Å². The zero-order chi connectivity index (χ0) is 20.6. The summed E-state index contributed by atoms with van der Waals surface area (Å²) in [7, 11) is 0. The van der Waals surface area contributed by atoms with Crippen LogP contribution in [0.1, 0.15) is 18.2 Å². The normalized spacial score (nSPS) is 14.7. The summed E-state index contributed by atoms with van der Waals surface area (Å²) < 4.78 is 94.7. The van der Waals surface area contributed by atoms with E-state index in [1.54, 1.807) is 0 Å². The first-order chi connectivity index (χ1) is 12.2. The van der Waals surface area contributed by atoms with Gasteiger partial charge in [-0.15, -0.1) is 0 Å². The van der Waals surface area contributed by atoms with Crippen molar-refractivity contribution in [3.05, 3.63) is 47.4 Å². The van der Waals surface area contributed by atoms with Crippen molar-refractivity contribution < 1.29 is 40.6 Å². The van der Waals surface area contributed by atoms with E-state index in [2.05, 4.69) is 4.98 Å². The van der Waals surface area contributed by atoms with Crippen LogP contribution in [0, 0.1) is 12.7 Å². The molecule has 0 spiro atoms. The molecule has 3 nitrogen and oxygen atoms in total. The van der Waals surface area contributed by atoms with E-state index in [4.69, 9.17) is 4.74 Å². The minimum atomic E-state index is -5.08. The molecule has 1 aromatic heterocycles. The van der Waals surface area contributed by atoms with Gasteiger partial charge >= 0.3 is 12.4 Å². The van der Waals surface area contributed by atoms with Crippen molar-refractivity contribution >= 4 is 0 Å². The van der Waals surface area contributed by atoms with Crippen molar-refractivity contribution in [2.24, 2.45) is 0 Å². The highest BCUT2D eigenvalue weighted by molar-refractivity contribution is 5.68. The van der Waals surface area contributed by atoms with Crippen molar-refractivity contribution in [3.8, 4) is 17.0 Å². The molecule has 0 aliphatic rings. The highest BCUT2D eigenvalue weighted by Gasteiger charge is 2.52. The summed E-state index contributed by atoms with van der Waals surface area (Å²) in [6.07, 6.45) is -9.77. The van der Waals surface area contributed by atoms with Gasteiger partial charge in [-0.3, -0.25) is 0 Å². The maximum absolute atomic E-state index is 13.1. The number of aromatic nitrogens is 1. The topological polar surface area (TPSA) is 42.4 Å². The molecular formula is C17H14F7NO2. The molecule has 0 saturated heterocycles. The molecular weight excluding hydrogens is 383 g/mol. The highest BCUT2D eigenvalue weighted by Crippen LogP contribution is 2.41. The van der Waals surface area contributed by atoms with Crippen molar-refractivity contribution in [2.75, 3.05) is 6.61 Å². The molecule has 0 radical (unpaired) electrons. The van der Waals surface area contributed by atoms with Crippen molar-refractivity contribution in [2.45, 2.75) is 31.8 Å². The molecule has 0 aliphatic carbocycles. The number of hydrogen-bond donors (Lipinski definition) is 1. The smallest absolute Gasteiger partial charge is 0.422 e. The van der Waals surface area contributed by atoms with Crippen molar-refractivity contribution in [3.63, 3.8) is 0 Å². The van der Waals surface area contributed by atoms with Gasteiger partial charge in [0.1, 0.15) is 17.3 Å². The molecule has 1 N–H and O–H groups in total. The zero-order valence-corrected chi connectivity index (χ0v) is 14.0. The number of hydrogen-bond acceptors (Lipinski definition) is 3. The first-order valence-corrected chi connectivity index (χ1v) is 7.49. The largest absolute Gasteiger partial charge is 0.482 e. The lowest BCUT2D eigenvalue weighted by atomic mass is 9.97. The third-order valence-corrected chi connectivity index (χ3v) is 3.71. The highest BCUT2D eigenvalue weighted by atomic mass is 19.4. The summed E-state index contributed by atoms with van der Waals surface area (Å²) in [6.45, 7) is -0.00541. The van der Waals surface area contributed by atoms with Gasteiger partial charge in [0, 0.05) is 5.56 Å². The third kappa shape index (κ3) is 4.68. The molecule has 2 rings (SSSR count). The average Bonchev–Trinajstić information content (AvgIpc) is 2.51. The fourth-order valence-electron chi connectivity index (χ4n) is 2.20. The number of benzene rings is 1. The molecule has 2 aromatic rings. The van der Waals surface area contributed by atoms with Crippen LogP contribution in [-0.4, -0.2) is 29.0 Å². The van der Waals surface area contributed by atoms with Gasteiger partial charge in [-0.25, -0.2) is 9.37 Å². The van der Waals surface area contributed by atoms with Crippen LogP contribution in [0.3, 0.4) is 0 Å².